The summed E-state index contributed by atoms with van der Waals surface area (Å²) in [6.07, 6.45) is 0. The molecule has 0 fully saturated rings. The predicted molar refractivity (Wildman–Crippen MR) is 80.1 cm³/mol. The summed E-state index contributed by atoms with van der Waals surface area (Å²) in [6.45, 7) is 0. The monoisotopic (exact) mass is 340 g/mol. The van der Waals surface area contributed by atoms with E-state index in [1.165, 1.54) is 24.3 Å². The fourth-order valence-corrected chi connectivity index (χ4v) is 3.00. The average Bonchev–Trinajstić information content (AvgIpc) is 2.47. The van der Waals surface area contributed by atoms with Crippen LogP contribution in [0.25, 0.3) is 0 Å². The second kappa shape index (κ2) is 7.30. The first-order chi connectivity index (χ1) is 10.5. The Morgan fingerprint density at radius 1 is 1.05 bits per heavy atom. The molecule has 0 aliphatic rings. The van der Waals surface area contributed by atoms with Gasteiger partial charge in [0.1, 0.15) is 0 Å². The number of aliphatic carboxylic acids is 1. The third-order valence-corrected chi connectivity index (χ3v) is 4.72. The number of carboxylic acids is 1. The summed E-state index contributed by atoms with van der Waals surface area (Å²) in [5.41, 5.74) is 0. The Balaban J connectivity index is 1.93. The highest BCUT2D eigenvalue weighted by Gasteiger charge is 2.18. The van der Waals surface area contributed by atoms with Crippen molar-refractivity contribution in [2.75, 3.05) is 5.75 Å². The minimum Gasteiger partial charge on any atom is -0.480 e. The van der Waals surface area contributed by atoms with Crippen molar-refractivity contribution in [3.05, 3.63) is 54.6 Å². The number of sulfone groups is 1. The Hall–Kier alpha value is -2.03. The van der Waals surface area contributed by atoms with Crippen LogP contribution in [-0.4, -0.2) is 25.2 Å². The molecule has 0 saturated heterocycles. The number of carboxylic acid groups (broad SMARTS) is 1. The van der Waals surface area contributed by atoms with E-state index in [2.05, 4.69) is 0 Å². The summed E-state index contributed by atoms with van der Waals surface area (Å²) in [4.78, 5) is 16.1. The Morgan fingerprint density at radius 3 is 2.27 bits per heavy atom. The molecule has 0 heterocycles. The number of hydrogen-bond donors (Lipinski definition) is 1. The molecule has 8 heteroatoms. The lowest BCUT2D eigenvalue weighted by atomic mass is 10.3. The van der Waals surface area contributed by atoms with Crippen LogP contribution in [0.5, 0.6) is 5.75 Å². The molecule has 2 aromatic carbocycles. The topological polar surface area (TPSA) is 89.9 Å². The summed E-state index contributed by atoms with van der Waals surface area (Å²) >= 11 is 0.915. The normalized spacial score (nSPS) is 11.1. The van der Waals surface area contributed by atoms with Crippen molar-refractivity contribution in [2.45, 2.75) is 9.79 Å². The highest BCUT2D eigenvalue weighted by atomic mass is 32.2. The number of hydrogen-bond acceptors (Lipinski definition) is 6. The van der Waals surface area contributed by atoms with Gasteiger partial charge in [-0.25, -0.2) is 8.42 Å². The van der Waals surface area contributed by atoms with E-state index in [0.717, 1.165) is 12.0 Å². The number of para-hydroxylation sites is 1. The van der Waals surface area contributed by atoms with Crippen molar-refractivity contribution in [1.82, 2.24) is 0 Å². The fourth-order valence-electron chi connectivity index (χ4n) is 1.52. The Kier molecular flexibility index (Phi) is 5.42. The zero-order valence-electron chi connectivity index (χ0n) is 11.2. The molecule has 2 aromatic rings. The van der Waals surface area contributed by atoms with Crippen molar-refractivity contribution in [2.24, 2.45) is 0 Å². The summed E-state index contributed by atoms with van der Waals surface area (Å²) in [5.74, 6) is -1.79. The quantitative estimate of drug-likeness (QED) is 0.470. The first kappa shape index (κ1) is 16.3. The molecule has 0 bridgehead atoms. The standard InChI is InChI=1S/C14H12O6S2/c15-14(16)10-22(17,18)13-8-6-12(7-9-13)21-20-19-11-4-2-1-3-5-11/h1-9H,10H2,(H,15,16). The molecule has 2 rings (SSSR count). The van der Waals surface area contributed by atoms with Crippen molar-refractivity contribution in [3.63, 3.8) is 0 Å². The third kappa shape index (κ3) is 4.76. The minimum absolute atomic E-state index is 0.0526. The second-order valence-electron chi connectivity index (χ2n) is 4.17. The smallest absolute Gasteiger partial charge is 0.319 e. The molecule has 0 unspecified atom stereocenters. The van der Waals surface area contributed by atoms with Crippen molar-refractivity contribution in [1.29, 1.82) is 0 Å². The summed E-state index contributed by atoms with van der Waals surface area (Å²) < 4.78 is 28.4. The van der Waals surface area contributed by atoms with Crippen LogP contribution in [-0.2, 0) is 19.0 Å². The minimum atomic E-state index is -3.82. The van der Waals surface area contributed by atoms with Gasteiger partial charge in [-0.05, 0) is 36.4 Å². The van der Waals surface area contributed by atoms with Gasteiger partial charge in [-0.1, -0.05) is 18.2 Å². The van der Waals surface area contributed by atoms with Crippen LogP contribution in [0.2, 0.25) is 0 Å². The first-order valence-corrected chi connectivity index (χ1v) is 8.47. The Morgan fingerprint density at radius 2 is 1.68 bits per heavy atom. The molecule has 0 spiro atoms. The average molecular weight is 340 g/mol. The van der Waals surface area contributed by atoms with Crippen LogP contribution in [0.3, 0.4) is 0 Å². The molecule has 0 saturated carbocycles. The molecule has 0 aliphatic heterocycles. The van der Waals surface area contributed by atoms with Crippen LogP contribution >= 0.6 is 12.0 Å². The van der Waals surface area contributed by atoms with Gasteiger partial charge in [-0.15, -0.1) is 4.33 Å². The van der Waals surface area contributed by atoms with E-state index in [9.17, 15) is 13.2 Å². The van der Waals surface area contributed by atoms with E-state index < -0.39 is 21.6 Å². The van der Waals surface area contributed by atoms with E-state index in [4.69, 9.17) is 14.3 Å². The molecule has 22 heavy (non-hydrogen) atoms. The lowest BCUT2D eigenvalue weighted by Crippen LogP contribution is -2.15. The first-order valence-electron chi connectivity index (χ1n) is 6.08. The van der Waals surface area contributed by atoms with Crippen LogP contribution < -0.4 is 4.89 Å². The Bertz CT molecular complexity index is 726. The lowest BCUT2D eigenvalue weighted by molar-refractivity contribution is -0.134. The van der Waals surface area contributed by atoms with Gasteiger partial charge in [0, 0.05) is 4.90 Å². The highest BCUT2D eigenvalue weighted by molar-refractivity contribution is 7.94. The van der Waals surface area contributed by atoms with Gasteiger partial charge >= 0.3 is 5.97 Å². The number of rotatable bonds is 7. The molecule has 0 amide bonds. The van der Waals surface area contributed by atoms with Crippen molar-refractivity contribution >= 4 is 27.8 Å². The van der Waals surface area contributed by atoms with E-state index in [1.807, 2.05) is 6.07 Å². The molecule has 0 aliphatic carbocycles. The molecule has 0 radical (unpaired) electrons. The van der Waals surface area contributed by atoms with Crippen molar-refractivity contribution in [3.8, 4) is 5.75 Å². The van der Waals surface area contributed by atoms with Gasteiger partial charge in [0.15, 0.2) is 21.3 Å². The van der Waals surface area contributed by atoms with E-state index in [0.29, 0.717) is 10.6 Å². The molecule has 0 atom stereocenters. The van der Waals surface area contributed by atoms with Crippen LogP contribution in [0.1, 0.15) is 0 Å². The fraction of sp³-hybridized carbons (Fsp3) is 0.0714. The number of carbonyl (C=O) groups is 1. The zero-order valence-corrected chi connectivity index (χ0v) is 12.8. The molecular formula is C14H12O6S2. The number of benzene rings is 2. The van der Waals surface area contributed by atoms with Crippen LogP contribution in [0, 0.1) is 0 Å². The summed E-state index contributed by atoms with van der Waals surface area (Å²) in [7, 11) is -3.82. The maximum atomic E-state index is 11.7. The maximum Gasteiger partial charge on any atom is 0.319 e. The van der Waals surface area contributed by atoms with Crippen LogP contribution in [0.4, 0.5) is 0 Å². The molecule has 1 N–H and O–H groups in total. The zero-order chi connectivity index (χ0) is 16.0. The largest absolute Gasteiger partial charge is 0.480 e. The third-order valence-electron chi connectivity index (χ3n) is 2.50. The van der Waals surface area contributed by atoms with Gasteiger partial charge in [-0.3, -0.25) is 4.79 Å². The second-order valence-corrected chi connectivity index (χ2v) is 6.94. The summed E-state index contributed by atoms with van der Waals surface area (Å²) in [6, 6.07) is 14.6. The SMILES string of the molecule is O=C(O)CS(=O)(=O)c1ccc(SOOc2ccccc2)cc1. The van der Waals surface area contributed by atoms with Crippen molar-refractivity contribution < 1.29 is 27.5 Å². The molecule has 6 nitrogen and oxygen atoms in total. The lowest BCUT2D eigenvalue weighted by Gasteiger charge is -2.04. The molecular weight excluding hydrogens is 328 g/mol. The predicted octanol–water partition coefficient (Wildman–Crippen LogP) is 2.56. The van der Waals surface area contributed by atoms with Gasteiger partial charge in [-0.2, -0.15) is 0 Å². The van der Waals surface area contributed by atoms with E-state index in [1.54, 1.807) is 24.3 Å². The molecule has 116 valence electrons. The summed E-state index contributed by atoms with van der Waals surface area (Å²) in [5, 5.41) is 8.57. The maximum absolute atomic E-state index is 11.7. The van der Waals surface area contributed by atoms with Gasteiger partial charge in [0.25, 0.3) is 0 Å². The van der Waals surface area contributed by atoms with Gasteiger partial charge < -0.3 is 9.99 Å². The van der Waals surface area contributed by atoms with Gasteiger partial charge in [0.2, 0.25) is 0 Å². The van der Waals surface area contributed by atoms with E-state index in [-0.39, 0.29) is 4.90 Å². The van der Waals surface area contributed by atoms with Crippen LogP contribution in [0.15, 0.2) is 64.4 Å². The Labute approximate surface area is 131 Å². The highest BCUT2D eigenvalue weighted by Crippen LogP contribution is 2.23. The van der Waals surface area contributed by atoms with Gasteiger partial charge in [0.05, 0.1) is 16.9 Å². The molecule has 0 aromatic heterocycles. The van der Waals surface area contributed by atoms with E-state index >= 15 is 0 Å².